The Morgan fingerprint density at radius 1 is 1.12 bits per heavy atom. The van der Waals surface area contributed by atoms with Gasteiger partial charge in [0.1, 0.15) is 0 Å². The van der Waals surface area contributed by atoms with E-state index in [9.17, 15) is 0 Å². The van der Waals surface area contributed by atoms with E-state index in [2.05, 4.69) is 16.9 Å². The van der Waals surface area contributed by atoms with Crippen LogP contribution in [0.1, 0.15) is 59.8 Å². The van der Waals surface area contributed by atoms with Crippen molar-refractivity contribution in [3.63, 3.8) is 0 Å². The molecule has 6 nitrogen and oxygen atoms in total. The molecule has 0 unspecified atom stereocenters. The lowest BCUT2D eigenvalue weighted by Crippen LogP contribution is -2.41. The third-order valence-electron chi connectivity index (χ3n) is 5.75. The Morgan fingerprint density at radius 3 is 2.29 bits per heavy atom. The van der Waals surface area contributed by atoms with Gasteiger partial charge in [-0.3, -0.25) is 0 Å². The average molecular weight is 332 g/mol. The van der Waals surface area contributed by atoms with Crippen LogP contribution in [0.2, 0.25) is 0 Å². The zero-order chi connectivity index (χ0) is 17.5. The Morgan fingerprint density at radius 2 is 1.71 bits per heavy atom. The van der Waals surface area contributed by atoms with E-state index in [1.165, 1.54) is 32.1 Å². The molecule has 1 aromatic heterocycles. The molecule has 2 heterocycles. The first-order valence-corrected chi connectivity index (χ1v) is 8.92. The first-order valence-electron chi connectivity index (χ1n) is 8.92. The van der Waals surface area contributed by atoms with Crippen LogP contribution in [0.25, 0.3) is 0 Å². The van der Waals surface area contributed by atoms with Crippen LogP contribution in [0, 0.1) is 0 Å². The molecular weight excluding hydrogens is 303 g/mol. The maximum Gasteiger partial charge on any atom is 0.516 e. The number of aromatic nitrogens is 2. The second-order valence-corrected chi connectivity index (χ2v) is 7.99. The molecule has 1 aromatic rings. The number of nitrogens with zero attached hydrogens (tertiary/aromatic N) is 3. The molecule has 24 heavy (non-hydrogen) atoms. The van der Waals surface area contributed by atoms with Crippen molar-refractivity contribution in [2.45, 2.75) is 77.0 Å². The first-order chi connectivity index (χ1) is 11.2. The van der Waals surface area contributed by atoms with Gasteiger partial charge >= 0.3 is 7.12 Å². The van der Waals surface area contributed by atoms with Crippen LogP contribution in [0.3, 0.4) is 0 Å². The second kappa shape index (κ2) is 6.19. The molecule has 7 heteroatoms. The minimum Gasteiger partial charge on any atom is -0.398 e. The van der Waals surface area contributed by atoms with E-state index in [1.807, 2.05) is 27.7 Å². The molecule has 0 aromatic carbocycles. The summed E-state index contributed by atoms with van der Waals surface area (Å²) < 4.78 is 12.2. The van der Waals surface area contributed by atoms with Gasteiger partial charge in [-0.2, -0.15) is 0 Å². The molecule has 2 aliphatic rings. The molecule has 2 N–H and O–H groups in total. The standard InChI is InChI=1S/C17H29BN4O2/c1-16(2)17(3,4)24-18(23-16)13-11-20-14(19)15(21-13)22(5)12-9-7-6-8-10-12/h11-12H,6-10H2,1-5H3,(H2,19,20). The number of rotatable bonds is 3. The van der Waals surface area contributed by atoms with Crippen LogP contribution in [-0.4, -0.2) is 41.4 Å². The predicted octanol–water partition coefficient (Wildman–Crippen LogP) is 2.13. The van der Waals surface area contributed by atoms with Crippen LogP contribution in [0.5, 0.6) is 0 Å². The van der Waals surface area contributed by atoms with Crippen molar-refractivity contribution in [1.82, 2.24) is 9.97 Å². The number of hydrogen-bond acceptors (Lipinski definition) is 6. The third-order valence-corrected chi connectivity index (χ3v) is 5.75. The molecule has 1 aliphatic carbocycles. The summed E-state index contributed by atoms with van der Waals surface area (Å²) in [4.78, 5) is 11.3. The van der Waals surface area contributed by atoms with E-state index < -0.39 is 18.3 Å². The first kappa shape index (κ1) is 17.5. The van der Waals surface area contributed by atoms with Crippen LogP contribution < -0.4 is 16.2 Å². The zero-order valence-electron chi connectivity index (χ0n) is 15.5. The Labute approximate surface area is 145 Å². The minimum absolute atomic E-state index is 0.393. The molecule has 1 aliphatic heterocycles. The van der Waals surface area contributed by atoms with Crippen molar-refractivity contribution < 1.29 is 9.31 Å². The van der Waals surface area contributed by atoms with Gasteiger partial charge < -0.3 is 19.9 Å². The van der Waals surface area contributed by atoms with E-state index in [-0.39, 0.29) is 0 Å². The average Bonchev–Trinajstić information content (AvgIpc) is 2.76. The second-order valence-electron chi connectivity index (χ2n) is 7.99. The van der Waals surface area contributed by atoms with Crippen molar-refractivity contribution >= 4 is 24.3 Å². The Hall–Kier alpha value is -1.34. The zero-order valence-corrected chi connectivity index (χ0v) is 15.5. The molecular formula is C17H29BN4O2. The number of hydrogen-bond donors (Lipinski definition) is 1. The van der Waals surface area contributed by atoms with Crippen LogP contribution in [-0.2, 0) is 9.31 Å². The lowest BCUT2D eigenvalue weighted by Gasteiger charge is -2.32. The van der Waals surface area contributed by atoms with Crippen molar-refractivity contribution in [3.05, 3.63) is 6.20 Å². The van der Waals surface area contributed by atoms with E-state index in [4.69, 9.17) is 20.0 Å². The Balaban J connectivity index is 1.84. The topological polar surface area (TPSA) is 73.5 Å². The minimum atomic E-state index is -0.512. The molecule has 1 saturated carbocycles. The van der Waals surface area contributed by atoms with Crippen LogP contribution >= 0.6 is 0 Å². The SMILES string of the molecule is CN(c1nc(B2OC(C)(C)C(C)(C)O2)cnc1N)C1CCCCC1. The lowest BCUT2D eigenvalue weighted by atomic mass is 9.85. The lowest BCUT2D eigenvalue weighted by molar-refractivity contribution is 0.00578. The Bertz CT molecular complexity index is 586. The fourth-order valence-corrected chi connectivity index (χ4v) is 3.38. The molecule has 0 radical (unpaired) electrons. The maximum atomic E-state index is 6.11. The van der Waals surface area contributed by atoms with Crippen molar-refractivity contribution in [1.29, 1.82) is 0 Å². The van der Waals surface area contributed by atoms with E-state index in [1.54, 1.807) is 6.20 Å². The van der Waals surface area contributed by atoms with Gasteiger partial charge in [-0.05, 0) is 40.5 Å². The van der Waals surface area contributed by atoms with Gasteiger partial charge in [-0.25, -0.2) is 9.97 Å². The van der Waals surface area contributed by atoms with Crippen molar-refractivity contribution in [2.75, 3.05) is 17.7 Å². The molecule has 2 fully saturated rings. The monoisotopic (exact) mass is 332 g/mol. The summed E-state index contributed by atoms with van der Waals surface area (Å²) in [6, 6.07) is 0.476. The van der Waals surface area contributed by atoms with Gasteiger partial charge in [0.2, 0.25) is 0 Å². The van der Waals surface area contributed by atoms with E-state index in [0.717, 1.165) is 5.82 Å². The van der Waals surface area contributed by atoms with Gasteiger partial charge in [0, 0.05) is 19.3 Å². The van der Waals surface area contributed by atoms with Crippen LogP contribution in [0.15, 0.2) is 6.20 Å². The van der Waals surface area contributed by atoms with Crippen molar-refractivity contribution in [2.24, 2.45) is 0 Å². The third kappa shape index (κ3) is 3.11. The van der Waals surface area contributed by atoms with E-state index >= 15 is 0 Å². The van der Waals surface area contributed by atoms with Gasteiger partial charge in [0.15, 0.2) is 11.6 Å². The van der Waals surface area contributed by atoms with Crippen LogP contribution in [0.4, 0.5) is 11.6 Å². The molecule has 132 valence electrons. The predicted molar refractivity (Wildman–Crippen MR) is 97.4 cm³/mol. The summed E-state index contributed by atoms with van der Waals surface area (Å²) in [6.45, 7) is 8.14. The molecule has 0 spiro atoms. The summed E-state index contributed by atoms with van der Waals surface area (Å²) in [7, 11) is 1.55. The normalized spacial score (nSPS) is 23.5. The maximum absolute atomic E-state index is 6.11. The summed E-state index contributed by atoms with van der Waals surface area (Å²) in [5.41, 5.74) is 6.00. The number of anilines is 2. The number of nitrogen functional groups attached to an aromatic ring is 1. The quantitative estimate of drug-likeness (QED) is 0.855. The molecule has 1 saturated heterocycles. The fraction of sp³-hybridized carbons (Fsp3) is 0.765. The fourth-order valence-electron chi connectivity index (χ4n) is 3.38. The molecule has 0 amide bonds. The molecule has 0 atom stereocenters. The largest absolute Gasteiger partial charge is 0.516 e. The highest BCUT2D eigenvalue weighted by Crippen LogP contribution is 2.36. The summed E-state index contributed by atoms with van der Waals surface area (Å²) >= 11 is 0. The smallest absolute Gasteiger partial charge is 0.398 e. The van der Waals surface area contributed by atoms with E-state index in [0.29, 0.717) is 17.5 Å². The van der Waals surface area contributed by atoms with Gasteiger partial charge in [-0.1, -0.05) is 19.3 Å². The van der Waals surface area contributed by atoms with Gasteiger partial charge in [0.05, 0.1) is 16.8 Å². The molecule has 0 bridgehead atoms. The van der Waals surface area contributed by atoms with Gasteiger partial charge in [-0.15, -0.1) is 0 Å². The Kier molecular flexibility index (Phi) is 4.51. The van der Waals surface area contributed by atoms with Gasteiger partial charge in [0.25, 0.3) is 0 Å². The highest BCUT2D eigenvalue weighted by Gasteiger charge is 2.52. The summed E-state index contributed by atoms with van der Waals surface area (Å²) in [5.74, 6) is 1.19. The summed E-state index contributed by atoms with van der Waals surface area (Å²) in [6.07, 6.45) is 7.87. The molecule has 3 rings (SSSR count). The highest BCUT2D eigenvalue weighted by atomic mass is 16.7. The highest BCUT2D eigenvalue weighted by molar-refractivity contribution is 6.61. The van der Waals surface area contributed by atoms with Crippen molar-refractivity contribution in [3.8, 4) is 0 Å². The summed E-state index contributed by atoms with van der Waals surface area (Å²) in [5, 5.41) is 0. The number of nitrogens with two attached hydrogens (primary N) is 1.